The van der Waals surface area contributed by atoms with Crippen LogP contribution in [0.2, 0.25) is 0 Å². The van der Waals surface area contributed by atoms with Crippen molar-refractivity contribution in [3.63, 3.8) is 0 Å². The van der Waals surface area contributed by atoms with E-state index < -0.39 is 0 Å². The minimum absolute atomic E-state index is 0.631. The number of aromatic nitrogens is 1. The predicted octanol–water partition coefficient (Wildman–Crippen LogP) is 3.20. The molecule has 1 heterocycles. The van der Waals surface area contributed by atoms with Crippen LogP contribution in [0.5, 0.6) is 11.5 Å². The lowest BCUT2D eigenvalue weighted by Crippen LogP contribution is -2.00. The van der Waals surface area contributed by atoms with Crippen LogP contribution >= 0.6 is 24.0 Å². The molecule has 5 heteroatoms. The normalized spacial score (nSPS) is 10.3. The molecule has 2 aromatic rings. The van der Waals surface area contributed by atoms with Crippen molar-refractivity contribution in [2.75, 3.05) is 13.7 Å². The molecule has 96 valence electrons. The van der Waals surface area contributed by atoms with Crippen LogP contribution in [-0.2, 0) is 12.2 Å². The van der Waals surface area contributed by atoms with Gasteiger partial charge < -0.3 is 9.47 Å². The van der Waals surface area contributed by atoms with Crippen LogP contribution < -0.4 is 9.47 Å². The lowest BCUT2D eigenvalue weighted by atomic mass is 10.3. The summed E-state index contributed by atoms with van der Waals surface area (Å²) in [4.78, 5) is 5.51. The van der Waals surface area contributed by atoms with Crippen molar-refractivity contribution in [3.8, 4) is 11.5 Å². The van der Waals surface area contributed by atoms with Crippen LogP contribution in [-0.4, -0.2) is 18.7 Å². The third-order valence-corrected chi connectivity index (χ3v) is 4.01. The Bertz CT molecular complexity index is 482. The van der Waals surface area contributed by atoms with E-state index in [2.05, 4.69) is 17.6 Å². The minimum Gasteiger partial charge on any atom is -0.497 e. The van der Waals surface area contributed by atoms with Gasteiger partial charge in [0, 0.05) is 23.2 Å². The molecule has 18 heavy (non-hydrogen) atoms. The van der Waals surface area contributed by atoms with E-state index in [9.17, 15) is 0 Å². The monoisotopic (exact) mass is 281 g/mol. The number of thiol groups is 1. The van der Waals surface area contributed by atoms with Crippen LogP contribution in [0.4, 0.5) is 0 Å². The average Bonchev–Trinajstić information content (AvgIpc) is 2.87. The summed E-state index contributed by atoms with van der Waals surface area (Å²) in [6.45, 7) is 0.631. The first-order chi connectivity index (χ1) is 8.81. The smallest absolute Gasteiger partial charge is 0.119 e. The van der Waals surface area contributed by atoms with Gasteiger partial charge in [0.25, 0.3) is 0 Å². The van der Waals surface area contributed by atoms with Gasteiger partial charge in [-0.05, 0) is 24.3 Å². The molecule has 0 aliphatic heterocycles. The Morgan fingerprint density at radius 1 is 1.22 bits per heavy atom. The molecule has 0 saturated carbocycles. The highest BCUT2D eigenvalue weighted by molar-refractivity contribution is 7.79. The molecule has 0 N–H and O–H groups in total. The van der Waals surface area contributed by atoms with E-state index in [1.54, 1.807) is 18.4 Å². The van der Waals surface area contributed by atoms with Crippen LogP contribution in [0.3, 0.4) is 0 Å². The number of methoxy groups -OCH3 is 1. The summed E-state index contributed by atoms with van der Waals surface area (Å²) < 4.78 is 10.7. The van der Waals surface area contributed by atoms with Crippen molar-refractivity contribution in [1.82, 2.24) is 4.98 Å². The van der Waals surface area contributed by atoms with Crippen LogP contribution in [0, 0.1) is 0 Å². The number of hydrogen-bond donors (Lipinski definition) is 1. The molecule has 0 aliphatic carbocycles. The van der Waals surface area contributed by atoms with E-state index >= 15 is 0 Å². The third-order valence-electron chi connectivity index (χ3n) is 2.40. The summed E-state index contributed by atoms with van der Waals surface area (Å²) in [7, 11) is 1.65. The summed E-state index contributed by atoms with van der Waals surface area (Å²) in [5, 5.41) is 1.09. The lowest BCUT2D eigenvalue weighted by Gasteiger charge is -2.05. The minimum atomic E-state index is 0.631. The molecule has 0 fully saturated rings. The topological polar surface area (TPSA) is 31.4 Å². The van der Waals surface area contributed by atoms with Crippen molar-refractivity contribution < 1.29 is 9.47 Å². The largest absolute Gasteiger partial charge is 0.497 e. The molecule has 0 spiro atoms. The molecule has 3 nitrogen and oxygen atoms in total. The molecule has 2 rings (SSSR count). The van der Waals surface area contributed by atoms with Gasteiger partial charge in [0.2, 0.25) is 0 Å². The van der Waals surface area contributed by atoms with Crippen LogP contribution in [0.1, 0.15) is 9.88 Å². The maximum Gasteiger partial charge on any atom is 0.119 e. The van der Waals surface area contributed by atoms with Crippen LogP contribution in [0.15, 0.2) is 30.5 Å². The van der Waals surface area contributed by atoms with Crippen molar-refractivity contribution in [2.45, 2.75) is 12.2 Å². The van der Waals surface area contributed by atoms with Gasteiger partial charge >= 0.3 is 0 Å². The van der Waals surface area contributed by atoms with Gasteiger partial charge in [-0.25, -0.2) is 4.98 Å². The van der Waals surface area contributed by atoms with E-state index in [1.807, 2.05) is 30.5 Å². The fourth-order valence-electron chi connectivity index (χ4n) is 1.46. The van der Waals surface area contributed by atoms with Gasteiger partial charge in [-0.2, -0.15) is 12.6 Å². The molecule has 1 aromatic carbocycles. The van der Waals surface area contributed by atoms with E-state index in [1.165, 1.54) is 4.88 Å². The predicted molar refractivity (Wildman–Crippen MR) is 77.0 cm³/mol. The van der Waals surface area contributed by atoms with E-state index in [4.69, 9.17) is 9.47 Å². The van der Waals surface area contributed by atoms with Gasteiger partial charge in [0.1, 0.15) is 11.5 Å². The second kappa shape index (κ2) is 6.66. The van der Waals surface area contributed by atoms with E-state index in [-0.39, 0.29) is 0 Å². The molecule has 1 aromatic heterocycles. The zero-order chi connectivity index (χ0) is 12.8. The first kappa shape index (κ1) is 13.2. The highest BCUT2D eigenvalue weighted by atomic mass is 32.1. The Morgan fingerprint density at radius 2 is 1.94 bits per heavy atom. The number of benzene rings is 1. The summed E-state index contributed by atoms with van der Waals surface area (Å²) in [5.74, 6) is 2.43. The Balaban J connectivity index is 1.80. The molecular formula is C13H15NO2S2. The number of thiazole rings is 1. The summed E-state index contributed by atoms with van der Waals surface area (Å²) in [6.07, 6.45) is 2.70. The van der Waals surface area contributed by atoms with Gasteiger partial charge in [-0.1, -0.05) is 0 Å². The lowest BCUT2D eigenvalue weighted by molar-refractivity contribution is 0.321. The zero-order valence-corrected chi connectivity index (χ0v) is 11.8. The maximum absolute atomic E-state index is 5.64. The Morgan fingerprint density at radius 3 is 2.56 bits per heavy atom. The number of ether oxygens (including phenoxy) is 2. The molecule has 0 saturated heterocycles. The summed E-state index contributed by atoms with van der Waals surface area (Å²) in [5.41, 5.74) is 0. The number of hydrogen-bond acceptors (Lipinski definition) is 5. The first-order valence-corrected chi connectivity index (χ1v) is 7.08. The summed E-state index contributed by atoms with van der Waals surface area (Å²) >= 11 is 5.90. The van der Waals surface area contributed by atoms with Gasteiger partial charge in [-0.3, -0.25) is 0 Å². The van der Waals surface area contributed by atoms with Crippen molar-refractivity contribution >= 4 is 24.0 Å². The fraction of sp³-hybridized carbons (Fsp3) is 0.308. The molecule has 0 unspecified atom stereocenters. The standard InChI is InChI=1S/C13H15NO2S2/c1-15-10-2-4-11(5-3-10)16-7-6-13-14-8-12(9-17)18-13/h2-5,8,17H,6-7,9H2,1H3. The average molecular weight is 281 g/mol. The molecule has 0 radical (unpaired) electrons. The Kier molecular flexibility index (Phi) is 4.90. The van der Waals surface area contributed by atoms with Gasteiger partial charge in [-0.15, -0.1) is 11.3 Å². The summed E-state index contributed by atoms with van der Waals surface area (Å²) in [6, 6.07) is 7.58. The van der Waals surface area contributed by atoms with Crippen molar-refractivity contribution in [1.29, 1.82) is 0 Å². The first-order valence-electron chi connectivity index (χ1n) is 5.63. The number of nitrogens with zero attached hydrogens (tertiary/aromatic N) is 1. The van der Waals surface area contributed by atoms with Crippen molar-refractivity contribution in [3.05, 3.63) is 40.3 Å². The maximum atomic E-state index is 5.64. The van der Waals surface area contributed by atoms with E-state index in [0.29, 0.717) is 6.61 Å². The highest BCUT2D eigenvalue weighted by Gasteiger charge is 2.01. The van der Waals surface area contributed by atoms with Crippen molar-refractivity contribution in [2.24, 2.45) is 0 Å². The molecule has 0 atom stereocenters. The number of rotatable bonds is 6. The molecule has 0 aliphatic rings. The Labute approximate surface area is 116 Å². The fourth-order valence-corrected chi connectivity index (χ4v) is 2.50. The molecular weight excluding hydrogens is 266 g/mol. The second-order valence-corrected chi connectivity index (χ2v) is 5.17. The highest BCUT2D eigenvalue weighted by Crippen LogP contribution is 2.18. The zero-order valence-electron chi connectivity index (χ0n) is 10.1. The quantitative estimate of drug-likeness (QED) is 0.825. The SMILES string of the molecule is COc1ccc(OCCc2ncc(CS)s2)cc1. The van der Waals surface area contributed by atoms with Gasteiger partial charge in [0.15, 0.2) is 0 Å². The third kappa shape index (κ3) is 3.65. The van der Waals surface area contributed by atoms with Gasteiger partial charge in [0.05, 0.1) is 18.7 Å². The van der Waals surface area contributed by atoms with Crippen LogP contribution in [0.25, 0.3) is 0 Å². The second-order valence-electron chi connectivity index (χ2n) is 3.65. The van der Waals surface area contributed by atoms with E-state index in [0.717, 1.165) is 28.7 Å². The molecule has 0 bridgehead atoms. The molecule has 0 amide bonds. The Hall–Kier alpha value is -1.20.